The highest BCUT2D eigenvalue weighted by Gasteiger charge is 2.31. The Labute approximate surface area is 122 Å². The van der Waals surface area contributed by atoms with Gasteiger partial charge in [-0.2, -0.15) is 0 Å². The van der Waals surface area contributed by atoms with Gasteiger partial charge in [0, 0.05) is 4.88 Å². The number of amides is 1. The second kappa shape index (κ2) is 6.19. The lowest BCUT2D eigenvalue weighted by molar-refractivity contribution is -0.117. The minimum absolute atomic E-state index is 0.103. The van der Waals surface area contributed by atoms with Gasteiger partial charge >= 0.3 is 0 Å². The van der Waals surface area contributed by atoms with Crippen molar-refractivity contribution in [2.45, 2.75) is 23.0 Å². The maximum atomic E-state index is 12.4. The van der Waals surface area contributed by atoms with Crippen molar-refractivity contribution in [2.24, 2.45) is 5.73 Å². The molecule has 0 saturated carbocycles. The molecule has 6 heteroatoms. The van der Waals surface area contributed by atoms with Gasteiger partial charge in [-0.1, -0.05) is 18.2 Å². The molecule has 105 valence electrons. The Hall–Kier alpha value is -1.66. The molecular weight excluding hydrogens is 294 g/mol. The van der Waals surface area contributed by atoms with Crippen molar-refractivity contribution in [3.63, 3.8) is 0 Å². The topological polar surface area (TPSA) is 77.2 Å². The lowest BCUT2D eigenvalue weighted by atomic mass is 10.2. The Morgan fingerprint density at radius 3 is 2.55 bits per heavy atom. The Balaban J connectivity index is 2.22. The minimum Gasteiger partial charge on any atom is -0.369 e. The third-order valence-corrected chi connectivity index (χ3v) is 6.02. The van der Waals surface area contributed by atoms with E-state index in [1.807, 2.05) is 17.5 Å². The van der Waals surface area contributed by atoms with E-state index < -0.39 is 21.0 Å². The van der Waals surface area contributed by atoms with Crippen LogP contribution in [0.3, 0.4) is 0 Å². The number of rotatable bonds is 6. The Morgan fingerprint density at radius 2 is 2.00 bits per heavy atom. The second-order valence-electron chi connectivity index (χ2n) is 4.29. The lowest BCUT2D eigenvalue weighted by Crippen LogP contribution is -2.36. The van der Waals surface area contributed by atoms with Crippen LogP contribution in [0, 0.1) is 6.07 Å². The summed E-state index contributed by atoms with van der Waals surface area (Å²) in [5.41, 5.74) is 5.28. The molecule has 0 fully saturated rings. The molecule has 0 aliphatic heterocycles. The Bertz CT molecular complexity index is 664. The van der Waals surface area contributed by atoms with Crippen LogP contribution in [0.2, 0.25) is 0 Å². The van der Waals surface area contributed by atoms with Crippen molar-refractivity contribution in [1.82, 2.24) is 0 Å². The van der Waals surface area contributed by atoms with E-state index in [0.717, 1.165) is 4.88 Å². The fraction of sp³-hybridized carbons (Fsp3) is 0.214. The summed E-state index contributed by atoms with van der Waals surface area (Å²) in [6, 6.07) is 12.4. The quantitative estimate of drug-likeness (QED) is 0.884. The Kier molecular flexibility index (Phi) is 4.57. The number of thiophene rings is 1. The molecule has 1 unspecified atom stereocenters. The molecule has 20 heavy (non-hydrogen) atoms. The predicted molar refractivity (Wildman–Crippen MR) is 78.1 cm³/mol. The normalized spacial score (nSPS) is 13.0. The monoisotopic (exact) mass is 308 g/mol. The van der Waals surface area contributed by atoms with Gasteiger partial charge in [0.2, 0.25) is 5.91 Å². The number of carbonyl (C=O) groups is 1. The largest absolute Gasteiger partial charge is 0.369 e. The van der Waals surface area contributed by atoms with Gasteiger partial charge in [-0.05, 0) is 42.5 Å². The van der Waals surface area contributed by atoms with E-state index in [-0.39, 0.29) is 11.3 Å². The summed E-state index contributed by atoms with van der Waals surface area (Å²) in [5.74, 6) is -0.811. The summed E-state index contributed by atoms with van der Waals surface area (Å²) >= 11 is 1.53. The molecule has 2 aromatic rings. The van der Waals surface area contributed by atoms with Crippen LogP contribution in [-0.2, 0) is 21.1 Å². The van der Waals surface area contributed by atoms with E-state index in [0.29, 0.717) is 6.42 Å². The first kappa shape index (κ1) is 14.7. The molecule has 1 radical (unpaired) electrons. The van der Waals surface area contributed by atoms with Crippen LogP contribution in [0.15, 0.2) is 46.7 Å². The molecule has 1 aromatic heterocycles. The molecule has 0 bridgehead atoms. The van der Waals surface area contributed by atoms with Gasteiger partial charge in [0.05, 0.1) is 4.90 Å². The third-order valence-electron chi connectivity index (χ3n) is 2.94. The van der Waals surface area contributed by atoms with Crippen LogP contribution in [0.25, 0.3) is 0 Å². The van der Waals surface area contributed by atoms with Crippen LogP contribution in [0.4, 0.5) is 0 Å². The molecule has 4 nitrogen and oxygen atoms in total. The van der Waals surface area contributed by atoms with Crippen LogP contribution in [0.1, 0.15) is 11.3 Å². The zero-order valence-corrected chi connectivity index (χ0v) is 12.3. The molecule has 2 N–H and O–H groups in total. The molecule has 1 aromatic carbocycles. The predicted octanol–water partition coefficient (Wildman–Crippen LogP) is 1.81. The number of benzene rings is 1. The van der Waals surface area contributed by atoms with Gasteiger partial charge < -0.3 is 5.73 Å². The smallest absolute Gasteiger partial charge is 0.236 e. The summed E-state index contributed by atoms with van der Waals surface area (Å²) in [5, 5.41) is 0.711. The van der Waals surface area contributed by atoms with Gasteiger partial charge in [-0.15, -0.1) is 11.3 Å². The summed E-state index contributed by atoms with van der Waals surface area (Å²) in [6.07, 6.45) is 0.709. The van der Waals surface area contributed by atoms with E-state index >= 15 is 0 Å². The molecule has 0 aliphatic carbocycles. The van der Waals surface area contributed by atoms with Gasteiger partial charge in [-0.3, -0.25) is 4.79 Å². The molecule has 1 amide bonds. The van der Waals surface area contributed by atoms with Crippen molar-refractivity contribution >= 4 is 27.1 Å². The van der Waals surface area contributed by atoms with Crippen molar-refractivity contribution in [3.05, 3.63) is 52.7 Å². The average molecular weight is 308 g/mol. The minimum atomic E-state index is -3.74. The van der Waals surface area contributed by atoms with Crippen molar-refractivity contribution in [2.75, 3.05) is 0 Å². The van der Waals surface area contributed by atoms with Gasteiger partial charge in [0.15, 0.2) is 9.84 Å². The van der Waals surface area contributed by atoms with Gasteiger partial charge in [0.25, 0.3) is 0 Å². The number of carbonyl (C=O) groups excluding carboxylic acids is 1. The van der Waals surface area contributed by atoms with Crippen LogP contribution in [-0.4, -0.2) is 19.6 Å². The number of sulfone groups is 1. The van der Waals surface area contributed by atoms with E-state index in [1.165, 1.54) is 35.6 Å². The summed E-state index contributed by atoms with van der Waals surface area (Å²) in [7, 11) is -3.74. The van der Waals surface area contributed by atoms with Gasteiger partial charge in [0.1, 0.15) is 5.25 Å². The van der Waals surface area contributed by atoms with Crippen molar-refractivity contribution < 1.29 is 13.2 Å². The molecular formula is C14H14NO3S2. The molecule has 1 atom stereocenters. The van der Waals surface area contributed by atoms with Crippen molar-refractivity contribution in [3.8, 4) is 0 Å². The van der Waals surface area contributed by atoms with E-state index in [9.17, 15) is 13.2 Å². The van der Waals surface area contributed by atoms with Crippen LogP contribution in [0.5, 0.6) is 0 Å². The SMILES string of the molecule is NC(=O)C(CCc1cccs1)S(=O)(=O)c1cc[c]cc1. The zero-order valence-electron chi connectivity index (χ0n) is 10.7. The van der Waals surface area contributed by atoms with Crippen LogP contribution >= 0.6 is 11.3 Å². The second-order valence-corrected chi connectivity index (χ2v) is 7.45. The first-order valence-electron chi connectivity index (χ1n) is 6.03. The molecule has 2 rings (SSSR count). The molecule has 1 heterocycles. The van der Waals surface area contributed by atoms with Gasteiger partial charge in [-0.25, -0.2) is 8.42 Å². The number of nitrogens with two attached hydrogens (primary N) is 1. The number of hydrogen-bond acceptors (Lipinski definition) is 4. The fourth-order valence-corrected chi connectivity index (χ4v) is 4.21. The number of aryl methyl sites for hydroxylation is 1. The molecule has 0 spiro atoms. The summed E-state index contributed by atoms with van der Waals surface area (Å²) in [6.45, 7) is 0. The number of hydrogen-bond donors (Lipinski definition) is 1. The molecule has 0 aliphatic rings. The highest BCUT2D eigenvalue weighted by atomic mass is 32.2. The van der Waals surface area contributed by atoms with E-state index in [2.05, 4.69) is 6.07 Å². The first-order chi connectivity index (χ1) is 9.51. The maximum Gasteiger partial charge on any atom is 0.236 e. The highest BCUT2D eigenvalue weighted by Crippen LogP contribution is 2.21. The summed E-state index contributed by atoms with van der Waals surface area (Å²) in [4.78, 5) is 12.7. The van der Waals surface area contributed by atoms with E-state index in [1.54, 1.807) is 0 Å². The zero-order chi connectivity index (χ0) is 14.6. The highest BCUT2D eigenvalue weighted by molar-refractivity contribution is 7.92. The molecule has 0 saturated heterocycles. The third kappa shape index (κ3) is 3.26. The first-order valence-corrected chi connectivity index (χ1v) is 8.46. The fourth-order valence-electron chi connectivity index (χ4n) is 1.90. The summed E-state index contributed by atoms with van der Waals surface area (Å²) < 4.78 is 24.8. The number of primary amides is 1. The standard InChI is InChI=1S/C14H14NO3S2/c15-14(16)13(9-8-11-5-4-10-19-11)20(17,18)12-6-2-1-3-7-12/h2-7,10,13H,8-9H2,(H2,15,16). The van der Waals surface area contributed by atoms with Crippen LogP contribution < -0.4 is 5.73 Å². The van der Waals surface area contributed by atoms with Crippen molar-refractivity contribution in [1.29, 1.82) is 0 Å². The maximum absolute atomic E-state index is 12.4. The Morgan fingerprint density at radius 1 is 1.30 bits per heavy atom. The lowest BCUT2D eigenvalue weighted by Gasteiger charge is -2.14. The van der Waals surface area contributed by atoms with E-state index in [4.69, 9.17) is 5.73 Å². The average Bonchev–Trinajstić information content (AvgIpc) is 2.92.